The molecule has 0 saturated carbocycles. The van der Waals surface area contributed by atoms with E-state index >= 15 is 0 Å². The van der Waals surface area contributed by atoms with Gasteiger partial charge in [-0.05, 0) is 24.1 Å². The van der Waals surface area contributed by atoms with Crippen molar-refractivity contribution in [1.82, 2.24) is 0 Å². The Balaban J connectivity index is 1.93. The van der Waals surface area contributed by atoms with Gasteiger partial charge in [0.25, 0.3) is 11.6 Å². The van der Waals surface area contributed by atoms with Crippen LogP contribution < -0.4 is 10.1 Å². The Hall–Kier alpha value is -3.42. The number of benzene rings is 2. The first kappa shape index (κ1) is 17.9. The van der Waals surface area contributed by atoms with E-state index in [4.69, 9.17) is 9.57 Å². The summed E-state index contributed by atoms with van der Waals surface area (Å²) in [5.74, 6) is -0.367. The van der Waals surface area contributed by atoms with Crippen LogP contribution in [-0.4, -0.2) is 24.2 Å². The molecule has 2 aromatic carbocycles. The van der Waals surface area contributed by atoms with Gasteiger partial charge >= 0.3 is 0 Å². The van der Waals surface area contributed by atoms with Crippen molar-refractivity contribution in [2.24, 2.45) is 5.16 Å². The van der Waals surface area contributed by atoms with Gasteiger partial charge in [-0.25, -0.2) is 0 Å². The average Bonchev–Trinajstić information content (AvgIpc) is 2.60. The number of oxime groups is 1. The number of hydrogen-bond donors (Lipinski definition) is 1. The molecule has 2 rings (SSSR count). The summed E-state index contributed by atoms with van der Waals surface area (Å²) in [5, 5.41) is 16.9. The van der Waals surface area contributed by atoms with E-state index in [0.717, 1.165) is 17.3 Å². The molecule has 0 saturated heterocycles. The molecule has 0 unspecified atom stereocenters. The van der Waals surface area contributed by atoms with Gasteiger partial charge in [-0.3, -0.25) is 14.9 Å². The maximum absolute atomic E-state index is 11.8. The van der Waals surface area contributed by atoms with Crippen molar-refractivity contribution in [3.8, 4) is 5.75 Å². The van der Waals surface area contributed by atoms with Gasteiger partial charge in [0.05, 0.1) is 23.8 Å². The van der Waals surface area contributed by atoms with Crippen LogP contribution in [0.1, 0.15) is 11.1 Å². The lowest BCUT2D eigenvalue weighted by molar-refractivity contribution is -0.384. The van der Waals surface area contributed by atoms with Gasteiger partial charge < -0.3 is 14.9 Å². The zero-order valence-electron chi connectivity index (χ0n) is 13.8. The topological polar surface area (TPSA) is 103 Å². The number of aryl methyl sites for hydroxylation is 1. The Labute approximate surface area is 144 Å². The fraction of sp³-hybridized carbons (Fsp3) is 0.176. The molecule has 0 radical (unpaired) electrons. The minimum Gasteiger partial charge on any atom is -0.494 e. The number of ether oxygens (including phenoxy) is 1. The number of hydrogen-bond acceptors (Lipinski definition) is 6. The summed E-state index contributed by atoms with van der Waals surface area (Å²) in [6, 6.07) is 11.6. The van der Waals surface area contributed by atoms with E-state index in [1.165, 1.54) is 25.3 Å². The van der Waals surface area contributed by atoms with Crippen molar-refractivity contribution < 1.29 is 19.3 Å². The lowest BCUT2D eigenvalue weighted by atomic mass is 10.1. The lowest BCUT2D eigenvalue weighted by Gasteiger charge is -2.08. The molecule has 1 N–H and O–H groups in total. The van der Waals surface area contributed by atoms with Crippen LogP contribution in [0.3, 0.4) is 0 Å². The second kappa shape index (κ2) is 8.44. The molecule has 25 heavy (non-hydrogen) atoms. The Bertz CT molecular complexity index is 805. The standard InChI is InChI=1S/C17H17N3O5/c1-12-5-3-4-6-13(12)11-25-18-10-17(21)19-15-8-7-14(20(22)23)9-16(15)24-2/h3-10H,11H2,1-2H3,(H,19,21)/b18-10-. The zero-order valence-corrected chi connectivity index (χ0v) is 13.8. The Morgan fingerprint density at radius 3 is 2.76 bits per heavy atom. The molecule has 0 aliphatic carbocycles. The quantitative estimate of drug-likeness (QED) is 0.473. The zero-order chi connectivity index (χ0) is 18.2. The first-order valence-electron chi connectivity index (χ1n) is 7.34. The molecule has 0 aromatic heterocycles. The fourth-order valence-corrected chi connectivity index (χ4v) is 2.03. The Kier molecular flexibility index (Phi) is 6.05. The molecule has 0 fully saturated rings. The highest BCUT2D eigenvalue weighted by Gasteiger charge is 2.12. The molecule has 0 bridgehead atoms. The molecule has 130 valence electrons. The molecular weight excluding hydrogens is 326 g/mol. The number of nitrogens with one attached hydrogen (secondary N) is 1. The summed E-state index contributed by atoms with van der Waals surface area (Å²) < 4.78 is 5.04. The van der Waals surface area contributed by atoms with Crippen molar-refractivity contribution in [1.29, 1.82) is 0 Å². The predicted octanol–water partition coefficient (Wildman–Crippen LogP) is 3.05. The fourth-order valence-electron chi connectivity index (χ4n) is 2.03. The monoisotopic (exact) mass is 343 g/mol. The van der Waals surface area contributed by atoms with E-state index in [2.05, 4.69) is 10.5 Å². The third-order valence-electron chi connectivity index (χ3n) is 3.38. The highest BCUT2D eigenvalue weighted by Crippen LogP contribution is 2.28. The third kappa shape index (κ3) is 5.03. The number of nitrogens with zero attached hydrogens (tertiary/aromatic N) is 2. The van der Waals surface area contributed by atoms with Gasteiger partial charge in [-0.1, -0.05) is 29.4 Å². The number of carbonyl (C=O) groups excluding carboxylic acids is 1. The number of rotatable bonds is 7. The normalized spacial score (nSPS) is 10.5. The molecule has 0 spiro atoms. The van der Waals surface area contributed by atoms with E-state index in [-0.39, 0.29) is 18.0 Å². The SMILES string of the molecule is COc1cc([N+](=O)[O-])ccc1NC(=O)/C=N\OCc1ccccc1C. The van der Waals surface area contributed by atoms with Gasteiger partial charge in [0.1, 0.15) is 18.6 Å². The van der Waals surface area contributed by atoms with Gasteiger partial charge in [-0.15, -0.1) is 0 Å². The number of nitro benzene ring substituents is 1. The minimum atomic E-state index is -0.547. The summed E-state index contributed by atoms with van der Waals surface area (Å²) in [6.07, 6.45) is 0.985. The van der Waals surface area contributed by atoms with Crippen molar-refractivity contribution in [2.45, 2.75) is 13.5 Å². The number of methoxy groups -OCH3 is 1. The van der Waals surface area contributed by atoms with Crippen molar-refractivity contribution >= 4 is 23.5 Å². The number of amides is 1. The smallest absolute Gasteiger partial charge is 0.273 e. The molecule has 8 heteroatoms. The number of non-ortho nitro benzene ring substituents is 1. The highest BCUT2D eigenvalue weighted by molar-refractivity contribution is 6.31. The second-order valence-corrected chi connectivity index (χ2v) is 5.07. The van der Waals surface area contributed by atoms with Crippen LogP contribution in [0.25, 0.3) is 0 Å². The second-order valence-electron chi connectivity index (χ2n) is 5.07. The van der Waals surface area contributed by atoms with E-state index in [1.807, 2.05) is 31.2 Å². The molecule has 0 atom stereocenters. The summed E-state index contributed by atoms with van der Waals surface area (Å²) >= 11 is 0. The maximum atomic E-state index is 11.8. The third-order valence-corrected chi connectivity index (χ3v) is 3.38. The van der Waals surface area contributed by atoms with Crippen molar-refractivity contribution in [2.75, 3.05) is 12.4 Å². The van der Waals surface area contributed by atoms with Crippen molar-refractivity contribution in [3.63, 3.8) is 0 Å². The maximum Gasteiger partial charge on any atom is 0.273 e. The lowest BCUT2D eigenvalue weighted by Crippen LogP contribution is -2.13. The number of carbonyl (C=O) groups is 1. The van der Waals surface area contributed by atoms with Crippen LogP contribution in [0.5, 0.6) is 5.75 Å². The van der Waals surface area contributed by atoms with Crippen LogP contribution in [0, 0.1) is 17.0 Å². The van der Waals surface area contributed by atoms with Gasteiger partial charge in [-0.2, -0.15) is 0 Å². The molecule has 8 nitrogen and oxygen atoms in total. The average molecular weight is 343 g/mol. The number of nitro groups is 1. The predicted molar refractivity (Wildman–Crippen MR) is 92.7 cm³/mol. The summed E-state index contributed by atoms with van der Waals surface area (Å²) in [7, 11) is 1.36. The van der Waals surface area contributed by atoms with Crippen LogP contribution in [0.2, 0.25) is 0 Å². The van der Waals surface area contributed by atoms with Crippen molar-refractivity contribution in [3.05, 3.63) is 63.7 Å². The van der Waals surface area contributed by atoms with E-state index in [1.54, 1.807) is 0 Å². The largest absolute Gasteiger partial charge is 0.494 e. The Morgan fingerprint density at radius 1 is 1.32 bits per heavy atom. The van der Waals surface area contributed by atoms with Crippen LogP contribution in [0.15, 0.2) is 47.6 Å². The summed E-state index contributed by atoms with van der Waals surface area (Å²) in [5.41, 5.74) is 2.20. The van der Waals surface area contributed by atoms with E-state index in [9.17, 15) is 14.9 Å². The van der Waals surface area contributed by atoms with Crippen LogP contribution in [-0.2, 0) is 16.2 Å². The van der Waals surface area contributed by atoms with Crippen LogP contribution >= 0.6 is 0 Å². The first-order chi connectivity index (χ1) is 12.0. The summed E-state index contributed by atoms with van der Waals surface area (Å²) in [6.45, 7) is 2.20. The molecule has 0 aliphatic rings. The van der Waals surface area contributed by atoms with Gasteiger partial charge in [0.15, 0.2) is 0 Å². The first-order valence-corrected chi connectivity index (χ1v) is 7.34. The highest BCUT2D eigenvalue weighted by atomic mass is 16.6. The summed E-state index contributed by atoms with van der Waals surface area (Å²) in [4.78, 5) is 27.1. The molecule has 0 heterocycles. The molecular formula is C17H17N3O5. The van der Waals surface area contributed by atoms with Gasteiger partial charge in [0, 0.05) is 6.07 Å². The molecule has 2 aromatic rings. The number of anilines is 1. The Morgan fingerprint density at radius 2 is 2.08 bits per heavy atom. The van der Waals surface area contributed by atoms with E-state index in [0.29, 0.717) is 5.69 Å². The van der Waals surface area contributed by atoms with Gasteiger partial charge in [0.2, 0.25) is 0 Å². The minimum absolute atomic E-state index is 0.134. The van der Waals surface area contributed by atoms with E-state index < -0.39 is 10.8 Å². The molecule has 0 aliphatic heterocycles. The molecule has 1 amide bonds. The van der Waals surface area contributed by atoms with Crippen LogP contribution in [0.4, 0.5) is 11.4 Å².